The number of amides is 1. The van der Waals surface area contributed by atoms with E-state index in [1.807, 2.05) is 0 Å². The summed E-state index contributed by atoms with van der Waals surface area (Å²) in [6, 6.07) is 11.2. The minimum atomic E-state index is -0.532. The molecule has 4 aromatic rings. The van der Waals surface area contributed by atoms with E-state index in [0.29, 0.717) is 30.3 Å². The molecule has 0 fully saturated rings. The molecule has 11 heteroatoms. The van der Waals surface area contributed by atoms with E-state index in [1.165, 1.54) is 41.6 Å². The van der Waals surface area contributed by atoms with Gasteiger partial charge in [0, 0.05) is 35.8 Å². The molecule has 156 valence electrons. The van der Waals surface area contributed by atoms with Gasteiger partial charge in [-0.05, 0) is 24.3 Å². The van der Waals surface area contributed by atoms with Crippen LogP contribution in [-0.2, 0) is 6.54 Å². The minimum Gasteiger partial charge on any atom is -0.492 e. The quantitative estimate of drug-likeness (QED) is 0.343. The summed E-state index contributed by atoms with van der Waals surface area (Å²) in [5.74, 6) is 0.0967. The molecule has 0 aliphatic rings. The SMILES string of the molecule is O=C(Nc1cccc(OCCn2cncn2)c1)c1ccc(-n2ccnc2)c([N+](=O)[O-])c1. The first-order valence-corrected chi connectivity index (χ1v) is 9.23. The molecule has 2 aromatic carbocycles. The molecule has 11 nitrogen and oxygen atoms in total. The molecule has 2 aromatic heterocycles. The first-order valence-electron chi connectivity index (χ1n) is 9.23. The Morgan fingerprint density at radius 1 is 1.16 bits per heavy atom. The lowest BCUT2D eigenvalue weighted by molar-refractivity contribution is -0.384. The second-order valence-corrected chi connectivity index (χ2v) is 6.42. The van der Waals surface area contributed by atoms with Gasteiger partial charge < -0.3 is 14.6 Å². The van der Waals surface area contributed by atoms with Gasteiger partial charge in [0.15, 0.2) is 0 Å². The van der Waals surface area contributed by atoms with Crippen LogP contribution < -0.4 is 10.1 Å². The average molecular weight is 419 g/mol. The number of ether oxygens (including phenoxy) is 1. The van der Waals surface area contributed by atoms with Crippen molar-refractivity contribution in [2.75, 3.05) is 11.9 Å². The summed E-state index contributed by atoms with van der Waals surface area (Å²) in [6.45, 7) is 0.909. The van der Waals surface area contributed by atoms with E-state index in [9.17, 15) is 14.9 Å². The Morgan fingerprint density at radius 3 is 2.81 bits per heavy atom. The zero-order valence-electron chi connectivity index (χ0n) is 16.2. The van der Waals surface area contributed by atoms with Crippen LogP contribution >= 0.6 is 0 Å². The van der Waals surface area contributed by atoms with E-state index in [-0.39, 0.29) is 11.3 Å². The lowest BCUT2D eigenvalue weighted by Gasteiger charge is -2.10. The van der Waals surface area contributed by atoms with E-state index in [1.54, 1.807) is 41.5 Å². The number of hydrogen-bond acceptors (Lipinski definition) is 7. The molecule has 0 aliphatic heterocycles. The number of rotatable bonds is 8. The molecule has 0 saturated heterocycles. The van der Waals surface area contributed by atoms with Crippen LogP contribution in [-0.4, -0.2) is 41.8 Å². The van der Waals surface area contributed by atoms with E-state index >= 15 is 0 Å². The summed E-state index contributed by atoms with van der Waals surface area (Å²) in [6.07, 6.45) is 7.61. The van der Waals surface area contributed by atoms with Crippen LogP contribution in [0, 0.1) is 10.1 Å². The maximum atomic E-state index is 12.7. The number of aromatic nitrogens is 5. The predicted molar refractivity (Wildman–Crippen MR) is 110 cm³/mol. The number of carbonyl (C=O) groups is 1. The predicted octanol–water partition coefficient (Wildman–Crippen LogP) is 2.70. The van der Waals surface area contributed by atoms with Gasteiger partial charge in [0.2, 0.25) is 0 Å². The van der Waals surface area contributed by atoms with Crippen LogP contribution in [0.1, 0.15) is 10.4 Å². The summed E-state index contributed by atoms with van der Waals surface area (Å²) >= 11 is 0. The number of carbonyl (C=O) groups excluding carboxylic acids is 1. The summed E-state index contributed by atoms with van der Waals surface area (Å²) < 4.78 is 8.84. The molecule has 2 heterocycles. The monoisotopic (exact) mass is 419 g/mol. The van der Waals surface area contributed by atoms with Crippen molar-refractivity contribution in [3.8, 4) is 11.4 Å². The van der Waals surface area contributed by atoms with Crippen molar-refractivity contribution < 1.29 is 14.5 Å². The van der Waals surface area contributed by atoms with E-state index < -0.39 is 10.8 Å². The van der Waals surface area contributed by atoms with E-state index in [2.05, 4.69) is 20.4 Å². The fourth-order valence-corrected chi connectivity index (χ4v) is 2.90. The second kappa shape index (κ2) is 8.86. The first kappa shape index (κ1) is 19.8. The Bertz CT molecular complexity index is 1190. The van der Waals surface area contributed by atoms with Crippen LogP contribution in [0.25, 0.3) is 5.69 Å². The Hall–Kier alpha value is -4.54. The minimum absolute atomic E-state index is 0.160. The number of nitro benzene ring substituents is 1. The third-order valence-electron chi connectivity index (χ3n) is 4.36. The number of nitrogens with zero attached hydrogens (tertiary/aromatic N) is 6. The number of hydrogen-bond donors (Lipinski definition) is 1. The molecule has 0 atom stereocenters. The van der Waals surface area contributed by atoms with Crippen LogP contribution in [0.5, 0.6) is 5.75 Å². The van der Waals surface area contributed by atoms with Gasteiger partial charge >= 0.3 is 0 Å². The fourth-order valence-electron chi connectivity index (χ4n) is 2.90. The van der Waals surface area contributed by atoms with Gasteiger partial charge in [0.1, 0.15) is 30.7 Å². The Morgan fingerprint density at radius 2 is 2.06 bits per heavy atom. The molecule has 0 bridgehead atoms. The zero-order chi connectivity index (χ0) is 21.6. The Kier molecular flexibility index (Phi) is 5.65. The molecule has 1 amide bonds. The molecule has 4 rings (SSSR count). The maximum absolute atomic E-state index is 12.7. The van der Waals surface area contributed by atoms with Gasteiger partial charge in [0.05, 0.1) is 17.8 Å². The molecule has 0 radical (unpaired) electrons. The van der Waals surface area contributed by atoms with Crippen molar-refractivity contribution in [2.45, 2.75) is 6.54 Å². The highest BCUT2D eigenvalue weighted by atomic mass is 16.6. The van der Waals surface area contributed by atoms with Crippen molar-refractivity contribution >= 4 is 17.3 Å². The highest BCUT2D eigenvalue weighted by molar-refractivity contribution is 6.05. The van der Waals surface area contributed by atoms with E-state index in [0.717, 1.165) is 0 Å². The molecule has 0 aliphatic carbocycles. The highest BCUT2D eigenvalue weighted by Gasteiger charge is 2.19. The molecule has 0 unspecified atom stereocenters. The van der Waals surface area contributed by atoms with Gasteiger partial charge in [-0.1, -0.05) is 6.07 Å². The van der Waals surface area contributed by atoms with Crippen molar-refractivity contribution in [1.29, 1.82) is 0 Å². The van der Waals surface area contributed by atoms with Gasteiger partial charge in [-0.3, -0.25) is 14.9 Å². The van der Waals surface area contributed by atoms with Crippen molar-refractivity contribution in [3.63, 3.8) is 0 Å². The topological polar surface area (TPSA) is 130 Å². The Balaban J connectivity index is 1.45. The second-order valence-electron chi connectivity index (χ2n) is 6.42. The molecule has 31 heavy (non-hydrogen) atoms. The zero-order valence-corrected chi connectivity index (χ0v) is 16.2. The third kappa shape index (κ3) is 4.72. The van der Waals surface area contributed by atoms with Crippen molar-refractivity contribution in [3.05, 3.63) is 89.5 Å². The Labute approximate surface area is 176 Å². The average Bonchev–Trinajstić information content (AvgIpc) is 3.48. The number of imidazole rings is 1. The summed E-state index contributed by atoms with van der Waals surface area (Å²) in [4.78, 5) is 31.4. The van der Waals surface area contributed by atoms with Gasteiger partial charge in [-0.25, -0.2) is 14.6 Å². The van der Waals surface area contributed by atoms with Crippen LogP contribution in [0.4, 0.5) is 11.4 Å². The third-order valence-corrected chi connectivity index (χ3v) is 4.36. The molecule has 0 saturated carbocycles. The molecular formula is C20H17N7O4. The molecule has 1 N–H and O–H groups in total. The van der Waals surface area contributed by atoms with Crippen LogP contribution in [0.3, 0.4) is 0 Å². The summed E-state index contributed by atoms with van der Waals surface area (Å²) in [5.41, 5.74) is 0.787. The number of nitro groups is 1. The highest BCUT2D eigenvalue weighted by Crippen LogP contribution is 2.25. The van der Waals surface area contributed by atoms with E-state index in [4.69, 9.17) is 4.74 Å². The molecular weight excluding hydrogens is 402 g/mol. The van der Waals surface area contributed by atoms with Gasteiger partial charge in [-0.2, -0.15) is 5.10 Å². The summed E-state index contributed by atoms with van der Waals surface area (Å²) in [7, 11) is 0. The molecule has 0 spiro atoms. The van der Waals surface area contributed by atoms with Gasteiger partial charge in [-0.15, -0.1) is 0 Å². The van der Waals surface area contributed by atoms with Crippen LogP contribution in [0.15, 0.2) is 73.8 Å². The first-order chi connectivity index (χ1) is 15.1. The number of benzene rings is 2. The van der Waals surface area contributed by atoms with Gasteiger partial charge in [0.25, 0.3) is 11.6 Å². The number of anilines is 1. The van der Waals surface area contributed by atoms with Crippen molar-refractivity contribution in [1.82, 2.24) is 24.3 Å². The van der Waals surface area contributed by atoms with Crippen molar-refractivity contribution in [2.24, 2.45) is 0 Å². The lowest BCUT2D eigenvalue weighted by Crippen LogP contribution is -2.13. The van der Waals surface area contributed by atoms with Crippen LogP contribution in [0.2, 0.25) is 0 Å². The largest absolute Gasteiger partial charge is 0.492 e. The standard InChI is InChI=1S/C20H17N7O4/c28-20(15-4-5-18(19(10-15)27(29)30)25-7-6-21-13-25)24-16-2-1-3-17(11-16)31-9-8-26-14-22-12-23-26/h1-7,10-14H,8-9H2,(H,24,28). The number of nitrogens with one attached hydrogen (secondary N) is 1. The maximum Gasteiger partial charge on any atom is 0.294 e. The summed E-state index contributed by atoms with van der Waals surface area (Å²) in [5, 5.41) is 18.2. The normalized spacial score (nSPS) is 10.6. The fraction of sp³-hybridized carbons (Fsp3) is 0.100. The smallest absolute Gasteiger partial charge is 0.294 e. The lowest BCUT2D eigenvalue weighted by atomic mass is 10.1.